The van der Waals surface area contributed by atoms with E-state index in [1.54, 1.807) is 12.2 Å². The first-order valence-corrected chi connectivity index (χ1v) is 5.54. The second-order valence-electron chi connectivity index (χ2n) is 3.63. The van der Waals surface area contributed by atoms with Crippen LogP contribution in [0, 0.1) is 0 Å². The molecule has 0 radical (unpaired) electrons. The van der Waals surface area contributed by atoms with Crippen molar-refractivity contribution in [2.75, 3.05) is 0 Å². The number of nitrogens with one attached hydrogen (secondary N) is 1. The van der Waals surface area contributed by atoms with E-state index in [1.165, 1.54) is 0 Å². The molecule has 0 rings (SSSR count). The Labute approximate surface area is 98.4 Å². The van der Waals surface area contributed by atoms with E-state index in [2.05, 4.69) is 18.5 Å². The Bertz CT molecular complexity index is 300. The van der Waals surface area contributed by atoms with Gasteiger partial charge in [0, 0.05) is 6.04 Å². The van der Waals surface area contributed by atoms with Crippen molar-refractivity contribution >= 4 is 5.91 Å². The fourth-order valence-corrected chi connectivity index (χ4v) is 1.13. The first kappa shape index (κ1) is 14.4. The summed E-state index contributed by atoms with van der Waals surface area (Å²) in [5.74, 6) is 0.0381. The highest BCUT2D eigenvalue weighted by Crippen LogP contribution is 2.04. The first-order valence-electron chi connectivity index (χ1n) is 5.54. The zero-order valence-electron chi connectivity index (χ0n) is 10.2. The third-order valence-electron chi connectivity index (χ3n) is 2.16. The van der Waals surface area contributed by atoms with Crippen LogP contribution in [-0.2, 0) is 4.79 Å². The van der Waals surface area contributed by atoms with Gasteiger partial charge in [0.2, 0.25) is 5.91 Å². The second-order valence-corrected chi connectivity index (χ2v) is 3.63. The van der Waals surface area contributed by atoms with Crippen molar-refractivity contribution < 1.29 is 4.79 Å². The highest BCUT2D eigenvalue weighted by Gasteiger charge is 2.06. The van der Waals surface area contributed by atoms with Gasteiger partial charge in [-0.25, -0.2) is 0 Å². The molecule has 0 saturated carbocycles. The molecule has 0 aromatic carbocycles. The largest absolute Gasteiger partial charge is 0.353 e. The Kier molecular flexibility index (Phi) is 7.86. The number of rotatable bonds is 7. The van der Waals surface area contributed by atoms with Crippen LogP contribution in [0.2, 0.25) is 0 Å². The summed E-state index contributed by atoms with van der Waals surface area (Å²) in [6, 6.07) is 0.223. The van der Waals surface area contributed by atoms with Crippen molar-refractivity contribution in [1.82, 2.24) is 5.32 Å². The number of carbonyl (C=O) groups excluding carboxylic acids is 1. The van der Waals surface area contributed by atoms with Crippen LogP contribution < -0.4 is 5.32 Å². The molecular weight excluding hydrogens is 198 g/mol. The monoisotopic (exact) mass is 219 g/mol. The minimum absolute atomic E-state index is 0.0381. The molecule has 0 spiro atoms. The Morgan fingerprint density at radius 3 is 2.56 bits per heavy atom. The van der Waals surface area contributed by atoms with E-state index in [9.17, 15) is 4.79 Å². The highest BCUT2D eigenvalue weighted by molar-refractivity contribution is 5.79. The zero-order chi connectivity index (χ0) is 12.4. The summed E-state index contributed by atoms with van der Waals surface area (Å²) in [6.07, 6.45) is 10.2. The van der Waals surface area contributed by atoms with E-state index in [0.717, 1.165) is 12.0 Å². The van der Waals surface area contributed by atoms with Crippen molar-refractivity contribution in [3.63, 3.8) is 0 Å². The zero-order valence-corrected chi connectivity index (χ0v) is 10.2. The lowest BCUT2D eigenvalue weighted by Crippen LogP contribution is -2.31. The molecule has 0 aliphatic heterocycles. The molecule has 88 valence electrons. The van der Waals surface area contributed by atoms with Crippen LogP contribution >= 0.6 is 0 Å². The van der Waals surface area contributed by atoms with Crippen molar-refractivity contribution in [2.24, 2.45) is 0 Å². The molecule has 2 nitrogen and oxygen atoms in total. The van der Waals surface area contributed by atoms with Gasteiger partial charge in [0.15, 0.2) is 0 Å². The Hall–Kier alpha value is -1.57. The fourth-order valence-electron chi connectivity index (χ4n) is 1.13. The number of hydrogen-bond donors (Lipinski definition) is 1. The second kappa shape index (κ2) is 8.72. The van der Waals surface area contributed by atoms with Gasteiger partial charge in [0.25, 0.3) is 0 Å². The van der Waals surface area contributed by atoms with E-state index in [0.29, 0.717) is 6.42 Å². The average Bonchev–Trinajstić information content (AvgIpc) is 2.25. The summed E-state index contributed by atoms with van der Waals surface area (Å²) in [5, 5.41) is 2.92. The lowest BCUT2D eigenvalue weighted by Gasteiger charge is -2.11. The van der Waals surface area contributed by atoms with Crippen molar-refractivity contribution in [2.45, 2.75) is 32.7 Å². The number of hydrogen-bond acceptors (Lipinski definition) is 1. The smallest absolute Gasteiger partial charge is 0.224 e. The van der Waals surface area contributed by atoms with E-state index < -0.39 is 0 Å². The number of carbonyl (C=O) groups is 1. The molecule has 1 atom stereocenters. The molecule has 0 heterocycles. The molecule has 1 N–H and O–H groups in total. The third-order valence-corrected chi connectivity index (χ3v) is 2.16. The van der Waals surface area contributed by atoms with Crippen LogP contribution in [0.4, 0.5) is 0 Å². The van der Waals surface area contributed by atoms with E-state index in [1.807, 2.05) is 32.1 Å². The van der Waals surface area contributed by atoms with Gasteiger partial charge >= 0.3 is 0 Å². The Morgan fingerprint density at radius 2 is 2.06 bits per heavy atom. The first-order chi connectivity index (χ1) is 7.63. The summed E-state index contributed by atoms with van der Waals surface area (Å²) in [5.41, 5.74) is 0.927. The van der Waals surface area contributed by atoms with Gasteiger partial charge in [-0.05, 0) is 18.9 Å². The quantitative estimate of drug-likeness (QED) is 0.655. The fraction of sp³-hybridized carbons (Fsp3) is 0.357. The van der Waals surface area contributed by atoms with Gasteiger partial charge in [-0.15, -0.1) is 0 Å². The molecule has 0 fully saturated rings. The lowest BCUT2D eigenvalue weighted by atomic mass is 10.1. The van der Waals surface area contributed by atoms with Crippen molar-refractivity contribution in [3.8, 4) is 0 Å². The van der Waals surface area contributed by atoms with E-state index in [-0.39, 0.29) is 11.9 Å². The van der Waals surface area contributed by atoms with Crippen molar-refractivity contribution in [1.29, 1.82) is 0 Å². The predicted octanol–water partition coefficient (Wildman–Crippen LogP) is 3.15. The molecule has 0 aliphatic rings. The molecule has 0 aliphatic carbocycles. The number of amides is 1. The van der Waals surface area contributed by atoms with E-state index in [4.69, 9.17) is 0 Å². The van der Waals surface area contributed by atoms with E-state index >= 15 is 0 Å². The summed E-state index contributed by atoms with van der Waals surface area (Å²) >= 11 is 0. The van der Waals surface area contributed by atoms with Gasteiger partial charge in [0.05, 0.1) is 6.42 Å². The topological polar surface area (TPSA) is 29.1 Å². The SMILES string of the molecule is C=C/C=C\C(=C/C=C)CC(=O)NC(C)CC. The van der Waals surface area contributed by atoms with Gasteiger partial charge in [-0.2, -0.15) is 0 Å². The van der Waals surface area contributed by atoms with Gasteiger partial charge in [-0.3, -0.25) is 4.79 Å². The minimum Gasteiger partial charge on any atom is -0.353 e. The Morgan fingerprint density at radius 1 is 1.38 bits per heavy atom. The molecule has 1 amide bonds. The summed E-state index contributed by atoms with van der Waals surface area (Å²) < 4.78 is 0. The molecule has 0 aromatic heterocycles. The van der Waals surface area contributed by atoms with Crippen LogP contribution in [0.3, 0.4) is 0 Å². The molecule has 16 heavy (non-hydrogen) atoms. The van der Waals surface area contributed by atoms with Gasteiger partial charge in [-0.1, -0.05) is 50.5 Å². The highest BCUT2D eigenvalue weighted by atomic mass is 16.1. The summed E-state index contributed by atoms with van der Waals surface area (Å²) in [6.45, 7) is 11.3. The molecule has 1 unspecified atom stereocenters. The minimum atomic E-state index is 0.0381. The van der Waals surface area contributed by atoms with Gasteiger partial charge < -0.3 is 5.32 Å². The van der Waals surface area contributed by atoms with Crippen LogP contribution in [0.15, 0.2) is 49.1 Å². The van der Waals surface area contributed by atoms with Crippen molar-refractivity contribution in [3.05, 3.63) is 49.1 Å². The summed E-state index contributed by atoms with van der Waals surface area (Å²) in [7, 11) is 0. The maximum absolute atomic E-state index is 11.6. The third kappa shape index (κ3) is 6.82. The van der Waals surface area contributed by atoms with Crippen LogP contribution in [0.1, 0.15) is 26.7 Å². The van der Waals surface area contributed by atoms with Crippen LogP contribution in [0.25, 0.3) is 0 Å². The van der Waals surface area contributed by atoms with Gasteiger partial charge in [0.1, 0.15) is 0 Å². The van der Waals surface area contributed by atoms with Crippen LogP contribution in [0.5, 0.6) is 0 Å². The predicted molar refractivity (Wildman–Crippen MR) is 70.1 cm³/mol. The molecular formula is C14H21NO. The average molecular weight is 219 g/mol. The maximum Gasteiger partial charge on any atom is 0.224 e. The lowest BCUT2D eigenvalue weighted by molar-refractivity contribution is -0.120. The Balaban J connectivity index is 4.35. The molecule has 2 heteroatoms. The van der Waals surface area contributed by atoms with Crippen LogP contribution in [-0.4, -0.2) is 11.9 Å². The molecule has 0 aromatic rings. The molecule has 0 bridgehead atoms. The maximum atomic E-state index is 11.6. The number of allylic oxidation sites excluding steroid dienone is 5. The molecule has 0 saturated heterocycles. The normalized spacial score (nSPS) is 13.5. The standard InChI is InChI=1S/C14H21NO/c1-5-8-10-13(9-6-2)11-14(16)15-12(4)7-3/h5-6,8-10,12H,1-2,7,11H2,3-4H3,(H,15,16)/b10-8-,13-9+. The summed E-state index contributed by atoms with van der Waals surface area (Å²) in [4.78, 5) is 11.6.